The van der Waals surface area contributed by atoms with Crippen molar-refractivity contribution in [3.63, 3.8) is 0 Å². The number of anilines is 3. The van der Waals surface area contributed by atoms with Crippen LogP contribution in [0.2, 0.25) is 0 Å². The monoisotopic (exact) mass is 273 g/mol. The maximum atomic E-state index is 11.2. The summed E-state index contributed by atoms with van der Waals surface area (Å²) in [5, 5.41) is 17.0. The number of aryl methyl sites for hydroxylation is 2. The first kappa shape index (κ1) is 13.7. The van der Waals surface area contributed by atoms with Crippen LogP contribution in [0.25, 0.3) is 0 Å². The summed E-state index contributed by atoms with van der Waals surface area (Å²) < 4.78 is 0. The van der Waals surface area contributed by atoms with Gasteiger partial charge in [0.25, 0.3) is 0 Å². The molecule has 0 aliphatic rings. The molecule has 0 saturated carbocycles. The molecule has 1 heterocycles. The number of para-hydroxylation sites is 1. The van der Waals surface area contributed by atoms with Crippen LogP contribution in [-0.4, -0.2) is 21.9 Å². The molecule has 0 spiro atoms. The summed E-state index contributed by atoms with van der Waals surface area (Å²) in [5.74, 6) is 0.519. The molecule has 0 fully saturated rings. The van der Waals surface area contributed by atoms with Crippen LogP contribution in [0.1, 0.15) is 11.3 Å². The van der Waals surface area contributed by atoms with E-state index in [1.165, 1.54) is 0 Å². The van der Waals surface area contributed by atoms with Crippen molar-refractivity contribution in [2.75, 3.05) is 17.7 Å². The van der Waals surface area contributed by atoms with Crippen LogP contribution in [-0.2, 0) is 0 Å². The van der Waals surface area contributed by atoms with E-state index in [0.717, 1.165) is 11.3 Å². The van der Waals surface area contributed by atoms with Crippen molar-refractivity contribution in [3.8, 4) is 0 Å². The van der Waals surface area contributed by atoms with E-state index in [-0.39, 0.29) is 11.5 Å². The lowest BCUT2D eigenvalue weighted by atomic mass is 10.2. The minimum atomic E-state index is -0.477. The van der Waals surface area contributed by atoms with Gasteiger partial charge in [-0.3, -0.25) is 10.1 Å². The summed E-state index contributed by atoms with van der Waals surface area (Å²) in [6.45, 7) is 3.50. The van der Waals surface area contributed by atoms with Gasteiger partial charge >= 0.3 is 5.69 Å². The molecule has 0 saturated heterocycles. The Hall–Kier alpha value is -2.70. The molecule has 1 aromatic heterocycles. The first-order valence-corrected chi connectivity index (χ1v) is 6.06. The summed E-state index contributed by atoms with van der Waals surface area (Å²) in [5.41, 5.74) is 1.94. The molecule has 7 nitrogen and oxygen atoms in total. The van der Waals surface area contributed by atoms with Crippen LogP contribution < -0.4 is 10.6 Å². The van der Waals surface area contributed by atoms with Crippen LogP contribution in [0.3, 0.4) is 0 Å². The third-order valence-electron chi connectivity index (χ3n) is 2.86. The molecule has 0 atom stereocenters. The predicted octanol–water partition coefficient (Wildman–Crippen LogP) is 2.79. The number of benzene rings is 1. The molecule has 104 valence electrons. The van der Waals surface area contributed by atoms with Crippen molar-refractivity contribution in [2.45, 2.75) is 13.8 Å². The molecule has 0 unspecified atom stereocenters. The third-order valence-corrected chi connectivity index (χ3v) is 2.86. The van der Waals surface area contributed by atoms with E-state index in [1.807, 2.05) is 31.2 Å². The van der Waals surface area contributed by atoms with Gasteiger partial charge in [-0.25, -0.2) is 4.98 Å². The summed E-state index contributed by atoms with van der Waals surface area (Å²) in [4.78, 5) is 18.9. The average molecular weight is 273 g/mol. The van der Waals surface area contributed by atoms with Crippen molar-refractivity contribution < 1.29 is 4.92 Å². The molecular formula is C13H15N5O2. The second-order valence-corrected chi connectivity index (χ2v) is 4.28. The van der Waals surface area contributed by atoms with Crippen molar-refractivity contribution in [1.29, 1.82) is 0 Å². The number of hydrogen-bond donors (Lipinski definition) is 2. The van der Waals surface area contributed by atoms with Gasteiger partial charge in [-0.2, -0.15) is 4.98 Å². The van der Waals surface area contributed by atoms with Gasteiger partial charge < -0.3 is 10.6 Å². The smallest absolute Gasteiger partial charge is 0.332 e. The molecule has 2 N–H and O–H groups in total. The Balaban J connectivity index is 2.52. The average Bonchev–Trinajstić information content (AvgIpc) is 2.40. The quantitative estimate of drug-likeness (QED) is 0.657. The lowest BCUT2D eigenvalue weighted by Crippen LogP contribution is -2.07. The second-order valence-electron chi connectivity index (χ2n) is 4.28. The van der Waals surface area contributed by atoms with Crippen LogP contribution in [0, 0.1) is 24.0 Å². The van der Waals surface area contributed by atoms with Gasteiger partial charge in [-0.05, 0) is 25.5 Å². The number of nitrogens with zero attached hydrogens (tertiary/aromatic N) is 3. The van der Waals surface area contributed by atoms with Gasteiger partial charge in [0.05, 0.1) is 4.92 Å². The van der Waals surface area contributed by atoms with Gasteiger partial charge in [0.1, 0.15) is 5.69 Å². The summed E-state index contributed by atoms with van der Waals surface area (Å²) in [6, 6.07) is 7.52. The SMILES string of the molecule is CNc1nc(C)c([N+](=O)[O-])c(Nc2ccccc2C)n1. The lowest BCUT2D eigenvalue weighted by Gasteiger charge is -2.11. The van der Waals surface area contributed by atoms with Gasteiger partial charge in [0.2, 0.25) is 11.8 Å². The minimum Gasteiger partial charge on any atom is -0.357 e. The minimum absolute atomic E-state index is 0.118. The van der Waals surface area contributed by atoms with E-state index >= 15 is 0 Å². The fraction of sp³-hybridized carbons (Fsp3) is 0.231. The lowest BCUT2D eigenvalue weighted by molar-refractivity contribution is -0.385. The van der Waals surface area contributed by atoms with Crippen LogP contribution in [0.15, 0.2) is 24.3 Å². The highest BCUT2D eigenvalue weighted by molar-refractivity contribution is 5.69. The number of rotatable bonds is 4. The van der Waals surface area contributed by atoms with Crippen LogP contribution in [0.5, 0.6) is 0 Å². The maximum Gasteiger partial charge on any atom is 0.332 e. The molecule has 0 radical (unpaired) electrons. The third kappa shape index (κ3) is 2.66. The normalized spacial score (nSPS) is 10.2. The zero-order valence-corrected chi connectivity index (χ0v) is 11.5. The molecule has 0 bridgehead atoms. The fourth-order valence-corrected chi connectivity index (χ4v) is 1.83. The molecule has 20 heavy (non-hydrogen) atoms. The predicted molar refractivity (Wildman–Crippen MR) is 77.4 cm³/mol. The van der Waals surface area contributed by atoms with E-state index in [9.17, 15) is 10.1 Å². The molecule has 0 aliphatic carbocycles. The fourth-order valence-electron chi connectivity index (χ4n) is 1.83. The molecule has 2 aromatic rings. The number of nitrogens with one attached hydrogen (secondary N) is 2. The Labute approximate surface area is 116 Å². The van der Waals surface area contributed by atoms with Gasteiger partial charge in [0, 0.05) is 12.7 Å². The summed E-state index contributed by atoms with van der Waals surface area (Å²) in [6.07, 6.45) is 0. The molecule has 2 rings (SSSR count). The summed E-state index contributed by atoms with van der Waals surface area (Å²) >= 11 is 0. The number of aromatic nitrogens is 2. The Kier molecular flexibility index (Phi) is 3.79. The molecular weight excluding hydrogens is 258 g/mol. The Morgan fingerprint density at radius 3 is 2.50 bits per heavy atom. The highest BCUT2D eigenvalue weighted by Gasteiger charge is 2.22. The van der Waals surface area contributed by atoms with E-state index in [0.29, 0.717) is 11.6 Å². The maximum absolute atomic E-state index is 11.2. The van der Waals surface area contributed by atoms with Crippen molar-refractivity contribution in [1.82, 2.24) is 9.97 Å². The summed E-state index contributed by atoms with van der Waals surface area (Å²) in [7, 11) is 1.66. The van der Waals surface area contributed by atoms with Crippen LogP contribution in [0.4, 0.5) is 23.1 Å². The van der Waals surface area contributed by atoms with Crippen molar-refractivity contribution >= 4 is 23.1 Å². The standard InChI is InChI=1S/C13H15N5O2/c1-8-6-4-5-7-10(8)16-12-11(18(19)20)9(2)15-13(14-3)17-12/h4-7H,1-3H3,(H2,14,15,16,17). The van der Waals surface area contributed by atoms with Crippen LogP contribution >= 0.6 is 0 Å². The Morgan fingerprint density at radius 1 is 1.20 bits per heavy atom. The number of hydrogen-bond acceptors (Lipinski definition) is 6. The number of nitro groups is 1. The van der Waals surface area contributed by atoms with Gasteiger partial charge in [0.15, 0.2) is 0 Å². The topological polar surface area (TPSA) is 93.0 Å². The highest BCUT2D eigenvalue weighted by Crippen LogP contribution is 2.30. The van der Waals surface area contributed by atoms with E-state index < -0.39 is 4.92 Å². The highest BCUT2D eigenvalue weighted by atomic mass is 16.6. The van der Waals surface area contributed by atoms with Gasteiger partial charge in [-0.15, -0.1) is 0 Å². The van der Waals surface area contributed by atoms with Gasteiger partial charge in [-0.1, -0.05) is 18.2 Å². The molecule has 1 aromatic carbocycles. The molecule has 7 heteroatoms. The first-order chi connectivity index (χ1) is 9.52. The molecule has 0 amide bonds. The van der Waals surface area contributed by atoms with E-state index in [4.69, 9.17) is 0 Å². The Morgan fingerprint density at radius 2 is 1.90 bits per heavy atom. The largest absolute Gasteiger partial charge is 0.357 e. The zero-order valence-electron chi connectivity index (χ0n) is 11.5. The Bertz CT molecular complexity index is 657. The van der Waals surface area contributed by atoms with E-state index in [2.05, 4.69) is 20.6 Å². The molecule has 0 aliphatic heterocycles. The van der Waals surface area contributed by atoms with Crippen molar-refractivity contribution in [3.05, 3.63) is 45.6 Å². The van der Waals surface area contributed by atoms with E-state index in [1.54, 1.807) is 14.0 Å². The second kappa shape index (κ2) is 5.52. The zero-order chi connectivity index (χ0) is 14.7. The first-order valence-electron chi connectivity index (χ1n) is 6.06. The van der Waals surface area contributed by atoms with Crippen molar-refractivity contribution in [2.24, 2.45) is 0 Å².